The molecular weight excluding hydrogens is 405 g/mol. The lowest BCUT2D eigenvalue weighted by atomic mass is 10.1. The van der Waals surface area contributed by atoms with Gasteiger partial charge in [0.2, 0.25) is 5.75 Å². The van der Waals surface area contributed by atoms with Crippen molar-refractivity contribution in [3.05, 3.63) is 50.6 Å². The first-order valence-electron chi connectivity index (χ1n) is 6.82. The molecule has 0 aromatic heterocycles. The summed E-state index contributed by atoms with van der Waals surface area (Å²) in [7, 11) is 4.76. The first-order chi connectivity index (χ1) is 11.2. The number of methoxy groups -OCH3 is 3. The summed E-state index contributed by atoms with van der Waals surface area (Å²) in [6, 6.07) is 11.5. The van der Waals surface area contributed by atoms with Crippen LogP contribution >= 0.6 is 22.6 Å². The van der Waals surface area contributed by atoms with Gasteiger partial charge in [0.1, 0.15) is 0 Å². The maximum Gasteiger partial charge on any atom is 0.204 e. The molecule has 2 rings (SSSR count). The number of ether oxygens (including phenoxy) is 3. The van der Waals surface area contributed by atoms with Crippen molar-refractivity contribution < 1.29 is 14.2 Å². The minimum Gasteiger partial charge on any atom is -0.493 e. The molecule has 0 aliphatic carbocycles. The van der Waals surface area contributed by atoms with E-state index in [-0.39, 0.29) is 0 Å². The standard InChI is InChI=1S/C18H16INO3/c1-21-15-10-13(16(19)18(23-3)17(15)22-2)9-8-12-6-4-5-7-14(12)11-20/h4-10H,1-3H3/b9-8-. The van der Waals surface area contributed by atoms with E-state index in [0.717, 1.165) is 14.7 Å². The second-order valence-electron chi connectivity index (χ2n) is 4.58. The molecule has 0 spiro atoms. The fourth-order valence-corrected chi connectivity index (χ4v) is 2.99. The fraction of sp³-hybridized carbons (Fsp3) is 0.167. The quantitative estimate of drug-likeness (QED) is 0.532. The molecule has 0 saturated heterocycles. The Balaban J connectivity index is 2.52. The molecule has 0 aliphatic heterocycles. The van der Waals surface area contributed by atoms with Crippen LogP contribution in [-0.2, 0) is 0 Å². The van der Waals surface area contributed by atoms with E-state index in [4.69, 9.17) is 19.5 Å². The average Bonchev–Trinajstić information content (AvgIpc) is 2.60. The van der Waals surface area contributed by atoms with Gasteiger partial charge in [-0.3, -0.25) is 0 Å². The fourth-order valence-electron chi connectivity index (χ4n) is 2.19. The molecule has 0 aliphatic rings. The van der Waals surface area contributed by atoms with Crippen molar-refractivity contribution in [2.24, 2.45) is 0 Å². The third-order valence-corrected chi connectivity index (χ3v) is 4.43. The van der Waals surface area contributed by atoms with Crippen LogP contribution in [0.2, 0.25) is 0 Å². The number of nitrogens with zero attached hydrogens (tertiary/aromatic N) is 1. The number of nitriles is 1. The Morgan fingerprint density at radius 1 is 0.957 bits per heavy atom. The van der Waals surface area contributed by atoms with Gasteiger partial charge >= 0.3 is 0 Å². The SMILES string of the molecule is COc1cc(/C=C\c2ccccc2C#N)c(I)c(OC)c1OC. The van der Waals surface area contributed by atoms with E-state index >= 15 is 0 Å². The van der Waals surface area contributed by atoms with Crippen LogP contribution < -0.4 is 14.2 Å². The van der Waals surface area contributed by atoms with Crippen molar-refractivity contribution >= 4 is 34.7 Å². The van der Waals surface area contributed by atoms with Gasteiger partial charge in [0.05, 0.1) is 36.5 Å². The van der Waals surface area contributed by atoms with Gasteiger partial charge in [-0.1, -0.05) is 30.4 Å². The highest BCUT2D eigenvalue weighted by Gasteiger charge is 2.17. The van der Waals surface area contributed by atoms with Crippen molar-refractivity contribution in [1.29, 1.82) is 5.26 Å². The largest absolute Gasteiger partial charge is 0.493 e. The van der Waals surface area contributed by atoms with Crippen molar-refractivity contribution in [3.8, 4) is 23.3 Å². The van der Waals surface area contributed by atoms with Gasteiger partial charge in [0.25, 0.3) is 0 Å². The highest BCUT2D eigenvalue weighted by molar-refractivity contribution is 14.1. The second kappa shape index (κ2) is 7.88. The van der Waals surface area contributed by atoms with Crippen molar-refractivity contribution in [2.45, 2.75) is 0 Å². The zero-order chi connectivity index (χ0) is 16.8. The van der Waals surface area contributed by atoms with Gasteiger partial charge in [0, 0.05) is 0 Å². The van der Waals surface area contributed by atoms with Crippen molar-refractivity contribution in [3.63, 3.8) is 0 Å². The van der Waals surface area contributed by atoms with E-state index in [9.17, 15) is 0 Å². The van der Waals surface area contributed by atoms with Crippen LogP contribution in [0.1, 0.15) is 16.7 Å². The lowest BCUT2D eigenvalue weighted by Crippen LogP contribution is -1.98. The Morgan fingerprint density at radius 2 is 1.61 bits per heavy atom. The molecule has 2 aromatic carbocycles. The maximum absolute atomic E-state index is 9.16. The van der Waals surface area contributed by atoms with E-state index in [2.05, 4.69) is 28.7 Å². The van der Waals surface area contributed by atoms with Crippen LogP contribution in [0, 0.1) is 14.9 Å². The molecule has 0 saturated carbocycles. The average molecular weight is 421 g/mol. The van der Waals surface area contributed by atoms with Crippen molar-refractivity contribution in [2.75, 3.05) is 21.3 Å². The molecule has 5 heteroatoms. The van der Waals surface area contributed by atoms with E-state index in [1.165, 1.54) is 0 Å². The van der Waals surface area contributed by atoms with Crippen LogP contribution in [0.25, 0.3) is 12.2 Å². The van der Waals surface area contributed by atoms with Gasteiger partial charge in [0.15, 0.2) is 11.5 Å². The zero-order valence-electron chi connectivity index (χ0n) is 13.1. The topological polar surface area (TPSA) is 51.5 Å². The Morgan fingerprint density at radius 3 is 2.22 bits per heavy atom. The molecule has 4 nitrogen and oxygen atoms in total. The molecule has 0 bridgehead atoms. The minimum absolute atomic E-state index is 0.564. The molecule has 23 heavy (non-hydrogen) atoms. The van der Waals surface area contributed by atoms with E-state index < -0.39 is 0 Å². The summed E-state index contributed by atoms with van der Waals surface area (Å²) in [5, 5.41) is 9.16. The number of benzene rings is 2. The van der Waals surface area contributed by atoms with Crippen LogP contribution in [0.5, 0.6) is 17.2 Å². The predicted octanol–water partition coefficient (Wildman–Crippen LogP) is 4.36. The smallest absolute Gasteiger partial charge is 0.204 e. The third-order valence-electron chi connectivity index (χ3n) is 3.32. The van der Waals surface area contributed by atoms with E-state index in [0.29, 0.717) is 22.8 Å². The zero-order valence-corrected chi connectivity index (χ0v) is 15.2. The van der Waals surface area contributed by atoms with Crippen LogP contribution in [0.4, 0.5) is 0 Å². The molecule has 0 N–H and O–H groups in total. The number of halogens is 1. The first-order valence-corrected chi connectivity index (χ1v) is 7.89. The molecule has 2 aromatic rings. The summed E-state index contributed by atoms with van der Waals surface area (Å²) >= 11 is 2.21. The summed E-state index contributed by atoms with van der Waals surface area (Å²) in [4.78, 5) is 0. The van der Waals surface area contributed by atoms with Gasteiger partial charge in [-0.25, -0.2) is 0 Å². The number of hydrogen-bond acceptors (Lipinski definition) is 4. The molecular formula is C18H16INO3. The Labute approximate surface area is 149 Å². The molecule has 0 fully saturated rings. The Kier molecular flexibility index (Phi) is 5.88. The third kappa shape index (κ3) is 3.59. The Bertz CT molecular complexity index is 779. The number of hydrogen-bond donors (Lipinski definition) is 0. The highest BCUT2D eigenvalue weighted by atomic mass is 127. The summed E-state index contributed by atoms with van der Waals surface area (Å²) in [6.07, 6.45) is 3.84. The first kappa shape index (κ1) is 17.2. The van der Waals surface area contributed by atoms with Crippen molar-refractivity contribution in [1.82, 2.24) is 0 Å². The Hall–Kier alpha value is -2.20. The molecule has 0 atom stereocenters. The minimum atomic E-state index is 0.564. The van der Waals surface area contributed by atoms with Gasteiger partial charge in [-0.2, -0.15) is 5.26 Å². The summed E-state index contributed by atoms with van der Waals surface area (Å²) in [5.41, 5.74) is 2.42. The molecule has 118 valence electrons. The predicted molar refractivity (Wildman–Crippen MR) is 98.9 cm³/mol. The van der Waals surface area contributed by atoms with Crippen LogP contribution in [0.15, 0.2) is 30.3 Å². The normalized spacial score (nSPS) is 10.4. The second-order valence-corrected chi connectivity index (χ2v) is 5.66. The molecule has 0 radical (unpaired) electrons. The van der Waals surface area contributed by atoms with Gasteiger partial charge in [-0.15, -0.1) is 0 Å². The van der Waals surface area contributed by atoms with Gasteiger partial charge < -0.3 is 14.2 Å². The number of rotatable bonds is 5. The van der Waals surface area contributed by atoms with E-state index in [1.807, 2.05) is 36.4 Å². The lowest BCUT2D eigenvalue weighted by molar-refractivity contribution is 0.323. The van der Waals surface area contributed by atoms with Crippen LogP contribution in [-0.4, -0.2) is 21.3 Å². The van der Waals surface area contributed by atoms with E-state index in [1.54, 1.807) is 27.4 Å². The summed E-state index contributed by atoms with van der Waals surface area (Å²) < 4.78 is 17.1. The molecule has 0 unspecified atom stereocenters. The summed E-state index contributed by atoms with van der Waals surface area (Å²) in [5.74, 6) is 1.78. The molecule has 0 amide bonds. The summed E-state index contributed by atoms with van der Waals surface area (Å²) in [6.45, 7) is 0. The lowest BCUT2D eigenvalue weighted by Gasteiger charge is -2.15. The molecule has 0 heterocycles. The van der Waals surface area contributed by atoms with Crippen LogP contribution in [0.3, 0.4) is 0 Å². The maximum atomic E-state index is 9.16. The van der Waals surface area contributed by atoms with Gasteiger partial charge in [-0.05, 0) is 45.9 Å². The highest BCUT2D eigenvalue weighted by Crippen LogP contribution is 2.43. The monoisotopic (exact) mass is 421 g/mol.